The molecule has 2 aromatic rings. The molecule has 1 aliphatic rings. The number of carbonyl (C=O) groups excluding carboxylic acids is 2. The van der Waals surface area contributed by atoms with Crippen molar-refractivity contribution < 1.29 is 23.8 Å². The van der Waals surface area contributed by atoms with E-state index in [-0.39, 0.29) is 30.7 Å². The van der Waals surface area contributed by atoms with E-state index in [9.17, 15) is 14.7 Å². The Bertz CT molecular complexity index is 766. The number of furan rings is 1. The van der Waals surface area contributed by atoms with Gasteiger partial charge in [-0.3, -0.25) is 9.59 Å². The monoisotopic (exact) mass is 345 g/mol. The molecule has 1 fully saturated rings. The van der Waals surface area contributed by atoms with Crippen LogP contribution < -0.4 is 5.32 Å². The van der Waals surface area contributed by atoms with Crippen molar-refractivity contribution in [1.29, 1.82) is 0 Å². The Kier molecular flexibility index (Phi) is 5.26. The molecule has 1 aliphatic carbocycles. The number of hydrogen-bond acceptors (Lipinski definition) is 5. The van der Waals surface area contributed by atoms with Gasteiger partial charge in [0.05, 0.1) is 12.7 Å². The van der Waals surface area contributed by atoms with E-state index in [2.05, 4.69) is 12.2 Å². The minimum Gasteiger partial charge on any atom is -0.508 e. The highest BCUT2D eigenvalue weighted by molar-refractivity contribution is 5.87. The first-order valence-corrected chi connectivity index (χ1v) is 8.67. The van der Waals surface area contributed by atoms with Crippen LogP contribution in [0.25, 0.3) is 11.0 Å². The third-order valence-electron chi connectivity index (χ3n) is 4.80. The van der Waals surface area contributed by atoms with Crippen LogP contribution in [0, 0.1) is 5.92 Å². The van der Waals surface area contributed by atoms with Crippen molar-refractivity contribution in [2.45, 2.75) is 45.1 Å². The number of esters is 1. The third kappa shape index (κ3) is 4.32. The fourth-order valence-corrected chi connectivity index (χ4v) is 3.34. The van der Waals surface area contributed by atoms with Gasteiger partial charge in [-0.2, -0.15) is 0 Å². The summed E-state index contributed by atoms with van der Waals surface area (Å²) in [6.07, 6.45) is 5.92. The molecule has 6 nitrogen and oxygen atoms in total. The van der Waals surface area contributed by atoms with Gasteiger partial charge < -0.3 is 19.6 Å². The Morgan fingerprint density at radius 3 is 2.92 bits per heavy atom. The largest absolute Gasteiger partial charge is 0.508 e. The van der Waals surface area contributed by atoms with Gasteiger partial charge in [0, 0.05) is 23.1 Å². The Balaban J connectivity index is 1.49. The number of ether oxygens (including phenoxy) is 1. The summed E-state index contributed by atoms with van der Waals surface area (Å²) in [6, 6.07) is 4.88. The molecule has 1 saturated carbocycles. The van der Waals surface area contributed by atoms with Crippen LogP contribution in [-0.4, -0.2) is 29.6 Å². The molecule has 134 valence electrons. The average molecular weight is 345 g/mol. The van der Waals surface area contributed by atoms with Gasteiger partial charge in [-0.25, -0.2) is 0 Å². The lowest BCUT2D eigenvalue weighted by Gasteiger charge is -2.29. The minimum atomic E-state index is -0.484. The van der Waals surface area contributed by atoms with Crippen LogP contribution in [0.4, 0.5) is 0 Å². The molecule has 2 N–H and O–H groups in total. The molecule has 1 amide bonds. The summed E-state index contributed by atoms with van der Waals surface area (Å²) in [5, 5.41) is 13.1. The van der Waals surface area contributed by atoms with Crippen molar-refractivity contribution in [3.8, 4) is 5.75 Å². The van der Waals surface area contributed by atoms with E-state index in [1.54, 1.807) is 6.07 Å². The molecule has 0 spiro atoms. The van der Waals surface area contributed by atoms with E-state index < -0.39 is 5.97 Å². The molecular formula is C19H23NO5. The van der Waals surface area contributed by atoms with Gasteiger partial charge in [0.2, 0.25) is 0 Å². The second-order valence-electron chi connectivity index (χ2n) is 6.71. The van der Waals surface area contributed by atoms with Gasteiger partial charge in [-0.05, 0) is 30.9 Å². The summed E-state index contributed by atoms with van der Waals surface area (Å²) >= 11 is 0. The number of phenols is 1. The Hall–Kier alpha value is -2.50. The fraction of sp³-hybridized carbons (Fsp3) is 0.474. The first kappa shape index (κ1) is 17.3. The zero-order chi connectivity index (χ0) is 17.8. The molecule has 1 heterocycles. The van der Waals surface area contributed by atoms with Crippen LogP contribution in [0.3, 0.4) is 0 Å². The van der Waals surface area contributed by atoms with Crippen molar-refractivity contribution in [3.63, 3.8) is 0 Å². The maximum atomic E-state index is 12.0. The number of hydrogen-bond donors (Lipinski definition) is 2. The zero-order valence-corrected chi connectivity index (χ0v) is 14.3. The highest BCUT2D eigenvalue weighted by Crippen LogP contribution is 2.25. The van der Waals surface area contributed by atoms with Crippen LogP contribution in [-0.2, 0) is 20.7 Å². The van der Waals surface area contributed by atoms with Gasteiger partial charge in [-0.1, -0.05) is 19.8 Å². The van der Waals surface area contributed by atoms with Crippen LogP contribution in [0.5, 0.6) is 5.75 Å². The quantitative estimate of drug-likeness (QED) is 0.814. The molecule has 1 aromatic heterocycles. The van der Waals surface area contributed by atoms with E-state index in [0.717, 1.165) is 24.6 Å². The van der Waals surface area contributed by atoms with Gasteiger partial charge in [0.25, 0.3) is 5.91 Å². The normalized spacial score (nSPS) is 20.4. The first-order chi connectivity index (χ1) is 12.0. The lowest BCUT2D eigenvalue weighted by Crippen LogP contribution is -2.42. The van der Waals surface area contributed by atoms with E-state index in [4.69, 9.17) is 9.15 Å². The predicted octanol–water partition coefficient (Wildman–Crippen LogP) is 2.92. The van der Waals surface area contributed by atoms with E-state index in [1.807, 2.05) is 0 Å². The molecule has 1 aromatic carbocycles. The highest BCUT2D eigenvalue weighted by Gasteiger charge is 2.23. The molecule has 2 atom stereocenters. The van der Waals surface area contributed by atoms with E-state index in [1.165, 1.54) is 24.8 Å². The van der Waals surface area contributed by atoms with Crippen molar-refractivity contribution >= 4 is 22.8 Å². The molecule has 6 heteroatoms. The van der Waals surface area contributed by atoms with Crippen LogP contribution in [0.2, 0.25) is 0 Å². The number of rotatable bonds is 5. The number of aromatic hydroxyl groups is 1. The number of fused-ring (bicyclic) bond motifs is 1. The lowest BCUT2D eigenvalue weighted by atomic mass is 9.86. The van der Waals surface area contributed by atoms with E-state index in [0.29, 0.717) is 17.1 Å². The number of amides is 1. The van der Waals surface area contributed by atoms with Crippen LogP contribution in [0.15, 0.2) is 28.9 Å². The smallest absolute Gasteiger partial charge is 0.310 e. The number of carbonyl (C=O) groups is 2. The summed E-state index contributed by atoms with van der Waals surface area (Å²) in [7, 11) is 0. The highest BCUT2D eigenvalue weighted by atomic mass is 16.5. The second-order valence-corrected chi connectivity index (χ2v) is 6.71. The predicted molar refractivity (Wildman–Crippen MR) is 92.1 cm³/mol. The topological polar surface area (TPSA) is 88.8 Å². The summed E-state index contributed by atoms with van der Waals surface area (Å²) in [5.41, 5.74) is 1.17. The standard InChI is InChI=1S/C19H23NO5/c1-12-4-2-3-5-16(12)20-18(22)11-25-19(23)8-13-10-24-17-9-14(21)6-7-15(13)17/h6-7,9-10,12,16,21H,2-5,8,11H2,1H3,(H,20,22)/t12-,16+/m1/s1. The van der Waals surface area contributed by atoms with Crippen molar-refractivity contribution in [3.05, 3.63) is 30.0 Å². The average Bonchev–Trinajstić information content (AvgIpc) is 2.97. The maximum Gasteiger partial charge on any atom is 0.310 e. The van der Waals surface area contributed by atoms with E-state index >= 15 is 0 Å². The molecular weight excluding hydrogens is 322 g/mol. The summed E-state index contributed by atoms with van der Waals surface area (Å²) in [4.78, 5) is 24.0. The van der Waals surface area contributed by atoms with Gasteiger partial charge in [0.15, 0.2) is 6.61 Å². The lowest BCUT2D eigenvalue weighted by molar-refractivity contribution is -0.148. The van der Waals surface area contributed by atoms with Gasteiger partial charge >= 0.3 is 5.97 Å². The first-order valence-electron chi connectivity index (χ1n) is 8.67. The van der Waals surface area contributed by atoms with Crippen molar-refractivity contribution in [2.75, 3.05) is 6.61 Å². The second kappa shape index (κ2) is 7.59. The minimum absolute atomic E-state index is 0.0187. The Labute approximate surface area is 146 Å². The molecule has 0 saturated heterocycles. The molecule has 25 heavy (non-hydrogen) atoms. The number of benzene rings is 1. The van der Waals surface area contributed by atoms with Crippen LogP contribution in [0.1, 0.15) is 38.2 Å². The maximum absolute atomic E-state index is 12.0. The number of phenolic OH excluding ortho intramolecular Hbond substituents is 1. The summed E-state index contributed by atoms with van der Waals surface area (Å²) < 4.78 is 10.4. The molecule has 0 radical (unpaired) electrons. The SMILES string of the molecule is C[C@@H]1CCCC[C@@H]1NC(=O)COC(=O)Cc1coc2cc(O)ccc12. The summed E-state index contributed by atoms with van der Waals surface area (Å²) in [5.74, 6) is -0.177. The zero-order valence-electron chi connectivity index (χ0n) is 14.3. The van der Waals surface area contributed by atoms with Crippen LogP contribution >= 0.6 is 0 Å². The molecule has 3 rings (SSSR count). The molecule has 0 unspecified atom stereocenters. The fourth-order valence-electron chi connectivity index (χ4n) is 3.34. The Morgan fingerprint density at radius 2 is 2.12 bits per heavy atom. The van der Waals surface area contributed by atoms with Gasteiger partial charge in [-0.15, -0.1) is 0 Å². The Morgan fingerprint density at radius 1 is 1.32 bits per heavy atom. The van der Waals surface area contributed by atoms with Crippen molar-refractivity contribution in [1.82, 2.24) is 5.32 Å². The number of nitrogens with one attached hydrogen (secondary N) is 1. The van der Waals surface area contributed by atoms with Crippen molar-refractivity contribution in [2.24, 2.45) is 5.92 Å². The molecule has 0 bridgehead atoms. The van der Waals surface area contributed by atoms with Gasteiger partial charge in [0.1, 0.15) is 11.3 Å². The third-order valence-corrected chi connectivity index (χ3v) is 4.80. The summed E-state index contributed by atoms with van der Waals surface area (Å²) in [6.45, 7) is 1.87. The molecule has 0 aliphatic heterocycles.